The van der Waals surface area contributed by atoms with Gasteiger partial charge in [-0.05, 0) is 12.5 Å². The van der Waals surface area contributed by atoms with Crippen LogP contribution < -0.4 is 0 Å². The van der Waals surface area contributed by atoms with Crippen molar-refractivity contribution in [2.24, 2.45) is 5.92 Å². The number of carbonyl (C=O) groups excluding carboxylic acids is 1. The standard InChI is InChI=1S/C15H17NO5/c1-15(20-7-8-21-15)11-12(14(18)19)16(13(11)17)9-10-5-3-2-4-6-10/h2-6,11-12H,7-9H2,1H3,(H,18,19)/t11-,12-/m1/s1. The number of likely N-dealkylation sites (tertiary alicyclic amines) is 1. The molecular weight excluding hydrogens is 274 g/mol. The fourth-order valence-electron chi connectivity index (χ4n) is 3.00. The number of β-lactam (4-membered cyclic amide) rings is 1. The van der Waals surface area contributed by atoms with E-state index in [-0.39, 0.29) is 12.5 Å². The van der Waals surface area contributed by atoms with Gasteiger partial charge in [0.05, 0.1) is 13.2 Å². The van der Waals surface area contributed by atoms with Crippen LogP contribution in [0.2, 0.25) is 0 Å². The zero-order chi connectivity index (χ0) is 15.0. The molecule has 0 unspecified atom stereocenters. The highest BCUT2D eigenvalue weighted by atomic mass is 16.7. The molecular formula is C15H17NO5. The maximum atomic E-state index is 12.4. The fraction of sp³-hybridized carbons (Fsp3) is 0.467. The van der Waals surface area contributed by atoms with Gasteiger partial charge in [-0.25, -0.2) is 4.79 Å². The second-order valence-corrected chi connectivity index (χ2v) is 5.43. The maximum Gasteiger partial charge on any atom is 0.327 e. The lowest BCUT2D eigenvalue weighted by Crippen LogP contribution is -2.70. The maximum absolute atomic E-state index is 12.4. The van der Waals surface area contributed by atoms with Gasteiger partial charge in [0.25, 0.3) is 0 Å². The predicted molar refractivity (Wildman–Crippen MR) is 72.2 cm³/mol. The van der Waals surface area contributed by atoms with Crippen molar-refractivity contribution in [2.45, 2.75) is 25.3 Å². The van der Waals surface area contributed by atoms with Crippen LogP contribution in [-0.2, 0) is 25.6 Å². The zero-order valence-corrected chi connectivity index (χ0v) is 11.7. The van der Waals surface area contributed by atoms with E-state index < -0.39 is 23.7 Å². The van der Waals surface area contributed by atoms with Crippen LogP contribution in [0.25, 0.3) is 0 Å². The summed E-state index contributed by atoms with van der Waals surface area (Å²) >= 11 is 0. The van der Waals surface area contributed by atoms with Gasteiger partial charge < -0.3 is 19.5 Å². The van der Waals surface area contributed by atoms with Gasteiger partial charge in [-0.3, -0.25) is 4.79 Å². The Bertz CT molecular complexity index is 552. The summed E-state index contributed by atoms with van der Waals surface area (Å²) in [4.78, 5) is 25.3. The third kappa shape index (κ3) is 2.30. The summed E-state index contributed by atoms with van der Waals surface area (Å²) in [6, 6.07) is 8.41. The highest BCUT2D eigenvalue weighted by Crippen LogP contribution is 2.41. The third-order valence-electron chi connectivity index (χ3n) is 4.07. The van der Waals surface area contributed by atoms with Crippen molar-refractivity contribution >= 4 is 11.9 Å². The lowest BCUT2D eigenvalue weighted by atomic mass is 9.80. The molecule has 0 aliphatic carbocycles. The van der Waals surface area contributed by atoms with Crippen molar-refractivity contribution in [3.63, 3.8) is 0 Å². The van der Waals surface area contributed by atoms with Gasteiger partial charge >= 0.3 is 5.97 Å². The Labute approximate surface area is 122 Å². The number of hydrogen-bond donors (Lipinski definition) is 1. The van der Waals surface area contributed by atoms with E-state index in [9.17, 15) is 14.7 Å². The summed E-state index contributed by atoms with van der Waals surface area (Å²) in [6.07, 6.45) is 0. The van der Waals surface area contributed by atoms with Crippen LogP contribution in [-0.4, -0.2) is 46.9 Å². The number of carboxylic acids is 1. The fourth-order valence-corrected chi connectivity index (χ4v) is 3.00. The largest absolute Gasteiger partial charge is 0.480 e. The molecule has 3 rings (SSSR count). The number of benzene rings is 1. The molecule has 6 heteroatoms. The van der Waals surface area contributed by atoms with Crippen molar-refractivity contribution in [1.82, 2.24) is 4.90 Å². The van der Waals surface area contributed by atoms with E-state index >= 15 is 0 Å². The van der Waals surface area contributed by atoms with Crippen LogP contribution in [0, 0.1) is 5.92 Å². The minimum Gasteiger partial charge on any atom is -0.480 e. The van der Waals surface area contributed by atoms with Gasteiger partial charge in [-0.2, -0.15) is 0 Å². The van der Waals surface area contributed by atoms with Crippen molar-refractivity contribution in [1.29, 1.82) is 0 Å². The van der Waals surface area contributed by atoms with E-state index in [0.29, 0.717) is 13.2 Å². The molecule has 1 amide bonds. The van der Waals surface area contributed by atoms with E-state index in [0.717, 1.165) is 5.56 Å². The number of ether oxygens (including phenoxy) is 2. The molecule has 1 aromatic rings. The Hall–Kier alpha value is -1.92. The first-order valence-corrected chi connectivity index (χ1v) is 6.88. The summed E-state index contributed by atoms with van der Waals surface area (Å²) in [6.45, 7) is 2.68. The van der Waals surface area contributed by atoms with Crippen molar-refractivity contribution in [3.05, 3.63) is 35.9 Å². The van der Waals surface area contributed by atoms with Crippen molar-refractivity contribution < 1.29 is 24.2 Å². The molecule has 2 atom stereocenters. The number of nitrogens with zero attached hydrogens (tertiary/aromatic N) is 1. The Kier molecular flexibility index (Phi) is 3.43. The molecule has 2 aliphatic rings. The van der Waals surface area contributed by atoms with Crippen LogP contribution in [0.3, 0.4) is 0 Å². The van der Waals surface area contributed by atoms with E-state index in [1.54, 1.807) is 6.92 Å². The van der Waals surface area contributed by atoms with E-state index in [1.165, 1.54) is 4.90 Å². The van der Waals surface area contributed by atoms with Gasteiger partial charge in [0.1, 0.15) is 12.0 Å². The molecule has 6 nitrogen and oxygen atoms in total. The molecule has 2 fully saturated rings. The van der Waals surface area contributed by atoms with Crippen LogP contribution in [0.4, 0.5) is 0 Å². The number of hydrogen-bond acceptors (Lipinski definition) is 4. The lowest BCUT2D eigenvalue weighted by Gasteiger charge is -2.49. The molecule has 1 N–H and O–H groups in total. The lowest BCUT2D eigenvalue weighted by molar-refractivity contribution is -0.232. The summed E-state index contributed by atoms with van der Waals surface area (Å²) in [5.41, 5.74) is 0.897. The first-order valence-electron chi connectivity index (χ1n) is 6.88. The first-order chi connectivity index (χ1) is 10.0. The van der Waals surface area contributed by atoms with E-state index in [1.807, 2.05) is 30.3 Å². The van der Waals surface area contributed by atoms with Crippen molar-refractivity contribution in [3.8, 4) is 0 Å². The Morgan fingerprint density at radius 2 is 1.95 bits per heavy atom. The number of amides is 1. The third-order valence-corrected chi connectivity index (χ3v) is 4.07. The predicted octanol–water partition coefficient (Wildman–Crippen LogP) is 0.861. The van der Waals surface area contributed by atoms with Crippen molar-refractivity contribution in [2.75, 3.05) is 13.2 Å². The zero-order valence-electron chi connectivity index (χ0n) is 11.7. The van der Waals surface area contributed by atoms with Gasteiger partial charge in [-0.1, -0.05) is 30.3 Å². The molecule has 112 valence electrons. The monoisotopic (exact) mass is 291 g/mol. The minimum atomic E-state index is -1.13. The van der Waals surface area contributed by atoms with Crippen LogP contribution in [0.15, 0.2) is 30.3 Å². The SMILES string of the molecule is CC1([C@H]2C(=O)N(Cc3ccccc3)[C@H]2C(=O)O)OCCO1. The van der Waals surface area contributed by atoms with Gasteiger partial charge in [0.15, 0.2) is 5.79 Å². The topological polar surface area (TPSA) is 76.1 Å². The quantitative estimate of drug-likeness (QED) is 0.833. The number of carboxylic acid groups (broad SMARTS) is 1. The molecule has 0 spiro atoms. The first kappa shape index (κ1) is 14.0. The average molecular weight is 291 g/mol. The summed E-state index contributed by atoms with van der Waals surface area (Å²) in [7, 11) is 0. The van der Waals surface area contributed by atoms with Crippen LogP contribution >= 0.6 is 0 Å². The summed E-state index contributed by atoms with van der Waals surface area (Å²) in [5, 5.41) is 9.44. The van der Waals surface area contributed by atoms with E-state index in [2.05, 4.69) is 0 Å². The molecule has 0 aromatic heterocycles. The molecule has 0 bridgehead atoms. The molecule has 2 heterocycles. The molecule has 2 aliphatic heterocycles. The molecule has 0 saturated carbocycles. The molecule has 0 radical (unpaired) electrons. The Balaban J connectivity index is 1.80. The van der Waals surface area contributed by atoms with Gasteiger partial charge in [0.2, 0.25) is 5.91 Å². The Morgan fingerprint density at radius 3 is 2.52 bits per heavy atom. The smallest absolute Gasteiger partial charge is 0.327 e. The highest BCUT2D eigenvalue weighted by Gasteiger charge is 2.62. The second kappa shape index (κ2) is 5.13. The normalized spacial score (nSPS) is 27.5. The highest BCUT2D eigenvalue weighted by molar-refractivity contribution is 5.97. The minimum absolute atomic E-state index is 0.240. The Morgan fingerprint density at radius 1 is 1.33 bits per heavy atom. The summed E-state index contributed by atoms with van der Waals surface area (Å²) < 4.78 is 10.9. The second-order valence-electron chi connectivity index (χ2n) is 5.43. The summed E-state index contributed by atoms with van der Waals surface area (Å²) in [5.74, 6) is -3.19. The van der Waals surface area contributed by atoms with Gasteiger partial charge in [-0.15, -0.1) is 0 Å². The molecule has 2 saturated heterocycles. The average Bonchev–Trinajstić information content (AvgIpc) is 2.89. The molecule has 21 heavy (non-hydrogen) atoms. The van der Waals surface area contributed by atoms with E-state index in [4.69, 9.17) is 9.47 Å². The van der Waals surface area contributed by atoms with Gasteiger partial charge in [0, 0.05) is 6.54 Å². The molecule has 1 aromatic carbocycles. The number of aliphatic carboxylic acids is 1. The van der Waals surface area contributed by atoms with Crippen LogP contribution in [0.1, 0.15) is 12.5 Å². The number of rotatable bonds is 4. The van der Waals surface area contributed by atoms with Crippen LogP contribution in [0.5, 0.6) is 0 Å². The number of carbonyl (C=O) groups is 2.